The van der Waals surface area contributed by atoms with Crippen molar-refractivity contribution in [2.75, 3.05) is 19.0 Å². The molecule has 0 atom stereocenters. The minimum absolute atomic E-state index is 0.0486. The summed E-state index contributed by atoms with van der Waals surface area (Å²) in [6.45, 7) is 2.29. The van der Waals surface area contributed by atoms with E-state index in [4.69, 9.17) is 0 Å². The Kier molecular flexibility index (Phi) is 5.74. The predicted molar refractivity (Wildman–Crippen MR) is 125 cm³/mol. The number of aromatic hydroxyl groups is 2. The van der Waals surface area contributed by atoms with Crippen LogP contribution < -0.4 is 4.90 Å². The lowest BCUT2D eigenvalue weighted by molar-refractivity contribution is 0.308. The molecule has 0 saturated heterocycles. The van der Waals surface area contributed by atoms with E-state index in [2.05, 4.69) is 42.2 Å². The summed E-state index contributed by atoms with van der Waals surface area (Å²) in [5, 5.41) is 21.6. The van der Waals surface area contributed by atoms with Crippen LogP contribution >= 0.6 is 11.3 Å². The highest BCUT2D eigenvalue weighted by atomic mass is 32.1. The van der Waals surface area contributed by atoms with Gasteiger partial charge in [0.05, 0.1) is 4.88 Å². The van der Waals surface area contributed by atoms with Crippen LogP contribution in [0.4, 0.5) is 5.13 Å². The molecular weight excluding hydrogens is 392 g/mol. The first-order valence-corrected chi connectivity index (χ1v) is 11.5. The van der Waals surface area contributed by atoms with Crippen LogP contribution in [0.5, 0.6) is 11.6 Å². The van der Waals surface area contributed by atoms with Crippen LogP contribution in [0.3, 0.4) is 0 Å². The van der Waals surface area contributed by atoms with E-state index < -0.39 is 0 Å². The normalized spacial score (nSPS) is 15.8. The number of hydrogen-bond donors (Lipinski definition) is 2. The quantitative estimate of drug-likeness (QED) is 0.522. The van der Waals surface area contributed by atoms with Gasteiger partial charge >= 0.3 is 0 Å². The van der Waals surface area contributed by atoms with Gasteiger partial charge in [0, 0.05) is 26.1 Å². The molecule has 0 amide bonds. The topological polar surface area (TPSA) is 56.6 Å². The number of nitrogens with zero attached hydrogens (tertiary/aromatic N) is 2. The molecule has 30 heavy (non-hydrogen) atoms. The molecule has 1 saturated carbocycles. The molecule has 158 valence electrons. The number of phenols is 1. The molecular formula is C25H30N2O2S. The fourth-order valence-electron chi connectivity index (χ4n) is 4.48. The van der Waals surface area contributed by atoms with E-state index in [9.17, 15) is 10.2 Å². The number of phenolic OH excluding ortho intramolecular Hbond substituents is 1. The highest BCUT2D eigenvalue weighted by Gasteiger charge is 2.31. The lowest BCUT2D eigenvalue weighted by Gasteiger charge is -2.35. The van der Waals surface area contributed by atoms with E-state index >= 15 is 0 Å². The molecule has 2 aromatic carbocycles. The molecule has 1 aromatic heterocycles. The Bertz CT molecular complexity index is 1040. The van der Waals surface area contributed by atoms with Gasteiger partial charge in [0.2, 0.25) is 5.88 Å². The summed E-state index contributed by atoms with van der Waals surface area (Å²) in [5.41, 5.74) is 4.51. The molecule has 1 heterocycles. The van der Waals surface area contributed by atoms with Crippen molar-refractivity contribution in [1.82, 2.24) is 4.98 Å². The lowest BCUT2D eigenvalue weighted by Crippen LogP contribution is -2.25. The second-order valence-corrected chi connectivity index (χ2v) is 9.93. The van der Waals surface area contributed by atoms with Crippen molar-refractivity contribution in [2.45, 2.75) is 50.9 Å². The third-order valence-electron chi connectivity index (χ3n) is 6.28. The minimum atomic E-state index is 0.0486. The van der Waals surface area contributed by atoms with Crippen molar-refractivity contribution in [2.24, 2.45) is 0 Å². The maximum atomic E-state index is 10.6. The number of thiazole rings is 1. The standard InChI is InChI=1S/C25H30N2O2S/c1-25(12-5-4-6-13-25)20-16-19(10-11-21(20)28)18-9-7-8-17(14-18)15-22-23(29)26-24(30-22)27(2)3/h7-11,14,16,28-29H,4-6,12-13,15H2,1-3H3. The molecule has 0 spiro atoms. The SMILES string of the molecule is CN(C)c1nc(O)c(Cc2cccc(-c3ccc(O)c(C4(C)CCCCC4)c3)c2)s1. The summed E-state index contributed by atoms with van der Waals surface area (Å²) in [4.78, 5) is 7.02. The largest absolute Gasteiger partial charge is 0.508 e. The van der Waals surface area contributed by atoms with Crippen LogP contribution in [0.15, 0.2) is 42.5 Å². The van der Waals surface area contributed by atoms with Crippen LogP contribution in [0.25, 0.3) is 11.1 Å². The van der Waals surface area contributed by atoms with Gasteiger partial charge in [-0.3, -0.25) is 0 Å². The molecule has 1 fully saturated rings. The van der Waals surface area contributed by atoms with Crippen LogP contribution in [0, 0.1) is 0 Å². The molecule has 4 nitrogen and oxygen atoms in total. The summed E-state index contributed by atoms with van der Waals surface area (Å²) >= 11 is 1.52. The van der Waals surface area contributed by atoms with Gasteiger partial charge in [-0.15, -0.1) is 0 Å². The molecule has 1 aliphatic rings. The third kappa shape index (κ3) is 4.17. The molecule has 4 rings (SSSR count). The fourth-order valence-corrected chi connectivity index (χ4v) is 5.40. The summed E-state index contributed by atoms with van der Waals surface area (Å²) in [7, 11) is 3.86. The van der Waals surface area contributed by atoms with Crippen molar-refractivity contribution in [1.29, 1.82) is 0 Å². The Labute approximate surface area is 182 Å². The summed E-state index contributed by atoms with van der Waals surface area (Å²) in [6, 6.07) is 14.4. The second-order valence-electron chi connectivity index (χ2n) is 8.87. The first-order valence-electron chi connectivity index (χ1n) is 10.6. The van der Waals surface area contributed by atoms with Crippen LogP contribution in [-0.2, 0) is 11.8 Å². The molecule has 3 aromatic rings. The van der Waals surface area contributed by atoms with Crippen LogP contribution in [0.2, 0.25) is 0 Å². The van der Waals surface area contributed by atoms with Gasteiger partial charge in [-0.2, -0.15) is 4.98 Å². The van der Waals surface area contributed by atoms with E-state index in [0.29, 0.717) is 12.2 Å². The Morgan fingerprint density at radius 3 is 2.43 bits per heavy atom. The average molecular weight is 423 g/mol. The Morgan fingerprint density at radius 2 is 1.73 bits per heavy atom. The summed E-state index contributed by atoms with van der Waals surface area (Å²) < 4.78 is 0. The number of benzene rings is 2. The van der Waals surface area contributed by atoms with E-state index in [-0.39, 0.29) is 11.3 Å². The monoisotopic (exact) mass is 422 g/mol. The minimum Gasteiger partial charge on any atom is -0.508 e. The van der Waals surface area contributed by atoms with E-state index in [0.717, 1.165) is 45.1 Å². The lowest BCUT2D eigenvalue weighted by atomic mass is 9.70. The van der Waals surface area contributed by atoms with E-state index in [1.807, 2.05) is 31.1 Å². The highest BCUT2D eigenvalue weighted by Crippen LogP contribution is 2.44. The Balaban J connectivity index is 1.63. The zero-order valence-electron chi connectivity index (χ0n) is 18.0. The predicted octanol–water partition coefficient (Wildman–Crippen LogP) is 6.10. The van der Waals surface area contributed by atoms with Gasteiger partial charge in [0.15, 0.2) is 5.13 Å². The molecule has 0 aliphatic heterocycles. The van der Waals surface area contributed by atoms with Gasteiger partial charge in [-0.25, -0.2) is 0 Å². The van der Waals surface area contributed by atoms with Crippen LogP contribution in [-0.4, -0.2) is 29.3 Å². The van der Waals surface area contributed by atoms with Crippen LogP contribution in [0.1, 0.15) is 55.0 Å². The zero-order chi connectivity index (χ0) is 21.3. The highest BCUT2D eigenvalue weighted by molar-refractivity contribution is 7.15. The van der Waals surface area contributed by atoms with E-state index in [1.165, 1.54) is 30.6 Å². The third-order valence-corrected chi connectivity index (χ3v) is 7.49. The number of rotatable bonds is 5. The van der Waals surface area contributed by atoms with Gasteiger partial charge in [0.1, 0.15) is 5.75 Å². The van der Waals surface area contributed by atoms with E-state index in [1.54, 1.807) is 0 Å². The van der Waals surface area contributed by atoms with Crippen molar-refractivity contribution >= 4 is 16.5 Å². The molecule has 0 unspecified atom stereocenters. The van der Waals surface area contributed by atoms with Gasteiger partial charge in [0.25, 0.3) is 0 Å². The average Bonchev–Trinajstić information content (AvgIpc) is 3.10. The molecule has 0 radical (unpaired) electrons. The summed E-state index contributed by atoms with van der Waals surface area (Å²) in [5.74, 6) is 0.524. The number of hydrogen-bond acceptors (Lipinski definition) is 5. The smallest absolute Gasteiger partial charge is 0.227 e. The summed E-state index contributed by atoms with van der Waals surface area (Å²) in [6.07, 6.45) is 6.64. The van der Waals surface area contributed by atoms with Crippen molar-refractivity contribution in [3.05, 3.63) is 58.5 Å². The maximum Gasteiger partial charge on any atom is 0.227 e. The van der Waals surface area contributed by atoms with Gasteiger partial charge < -0.3 is 15.1 Å². The second kappa shape index (κ2) is 8.31. The Hall–Kier alpha value is -2.53. The first kappa shape index (κ1) is 20.7. The first-order chi connectivity index (χ1) is 14.4. The fraction of sp³-hybridized carbons (Fsp3) is 0.400. The number of aromatic nitrogens is 1. The van der Waals surface area contributed by atoms with Crippen molar-refractivity contribution in [3.8, 4) is 22.8 Å². The van der Waals surface area contributed by atoms with Crippen molar-refractivity contribution < 1.29 is 10.2 Å². The molecule has 5 heteroatoms. The molecule has 1 aliphatic carbocycles. The van der Waals surface area contributed by atoms with Gasteiger partial charge in [-0.05, 0) is 47.1 Å². The zero-order valence-corrected chi connectivity index (χ0v) is 18.8. The van der Waals surface area contributed by atoms with Gasteiger partial charge in [-0.1, -0.05) is 67.9 Å². The van der Waals surface area contributed by atoms with Crippen molar-refractivity contribution in [3.63, 3.8) is 0 Å². The maximum absolute atomic E-state index is 10.6. The Morgan fingerprint density at radius 1 is 1.00 bits per heavy atom. The number of anilines is 1. The molecule has 2 N–H and O–H groups in total. The molecule has 0 bridgehead atoms.